The summed E-state index contributed by atoms with van der Waals surface area (Å²) in [6, 6.07) is 1.42. The molecule has 2 amide bonds. The molecule has 1 aliphatic heterocycles. The van der Waals surface area contributed by atoms with Gasteiger partial charge >= 0.3 is 6.09 Å². The molecule has 0 aliphatic carbocycles. The van der Waals surface area contributed by atoms with Crippen LogP contribution < -0.4 is 10.6 Å². The molecular weight excluding hydrogens is 423 g/mol. The molecule has 1 aliphatic rings. The molecule has 1 aromatic carbocycles. The lowest BCUT2D eigenvalue weighted by atomic mass is 10.0. The molecule has 0 aromatic heterocycles. The van der Waals surface area contributed by atoms with Gasteiger partial charge in [0.2, 0.25) is 0 Å². The van der Waals surface area contributed by atoms with Crippen molar-refractivity contribution in [1.29, 1.82) is 0 Å². The molecular formula is C21H31FN4O6. The van der Waals surface area contributed by atoms with Crippen molar-refractivity contribution in [2.75, 3.05) is 32.1 Å². The van der Waals surface area contributed by atoms with Crippen molar-refractivity contribution in [2.45, 2.75) is 58.3 Å². The van der Waals surface area contributed by atoms with E-state index in [2.05, 4.69) is 10.6 Å². The predicted octanol–water partition coefficient (Wildman–Crippen LogP) is 3.31. The number of rotatable bonds is 7. The minimum Gasteiger partial charge on any atom is -0.444 e. The fraction of sp³-hybridized carbons (Fsp3) is 0.619. The number of carbonyl (C=O) groups excluding carboxylic acids is 2. The first kappa shape index (κ1) is 25.3. The van der Waals surface area contributed by atoms with Crippen LogP contribution in [0.4, 0.5) is 20.6 Å². The maximum atomic E-state index is 14.7. The average molecular weight is 454 g/mol. The zero-order chi connectivity index (χ0) is 24.1. The number of methoxy groups -OCH3 is 1. The van der Waals surface area contributed by atoms with Crippen LogP contribution in [-0.4, -0.2) is 66.3 Å². The zero-order valence-corrected chi connectivity index (χ0v) is 19.1. The van der Waals surface area contributed by atoms with Crippen LogP contribution in [0.15, 0.2) is 12.1 Å². The smallest absolute Gasteiger partial charge is 0.410 e. The number of nitrogens with one attached hydrogen (secondary N) is 2. The first-order chi connectivity index (χ1) is 14.9. The van der Waals surface area contributed by atoms with Crippen LogP contribution in [0.3, 0.4) is 0 Å². The van der Waals surface area contributed by atoms with E-state index in [1.165, 1.54) is 12.0 Å². The van der Waals surface area contributed by atoms with E-state index in [0.29, 0.717) is 19.4 Å². The Balaban J connectivity index is 2.12. The van der Waals surface area contributed by atoms with Crippen molar-refractivity contribution in [3.05, 3.63) is 33.6 Å². The number of nitro benzene ring substituents is 1. The number of likely N-dealkylation sites (tertiary alicyclic amines) is 1. The lowest BCUT2D eigenvalue weighted by molar-refractivity contribution is -0.384. The van der Waals surface area contributed by atoms with E-state index >= 15 is 0 Å². The van der Waals surface area contributed by atoms with E-state index in [-0.39, 0.29) is 24.9 Å². The van der Waals surface area contributed by atoms with E-state index < -0.39 is 45.6 Å². The molecule has 32 heavy (non-hydrogen) atoms. The minimum atomic E-state index is -0.888. The molecule has 11 heteroatoms. The Labute approximate surface area is 186 Å². The topological polar surface area (TPSA) is 123 Å². The summed E-state index contributed by atoms with van der Waals surface area (Å²) in [4.78, 5) is 37.3. The van der Waals surface area contributed by atoms with E-state index in [1.54, 1.807) is 27.7 Å². The second-order valence-electron chi connectivity index (χ2n) is 8.77. The second kappa shape index (κ2) is 10.6. The fourth-order valence-corrected chi connectivity index (χ4v) is 3.22. The molecule has 0 saturated carbocycles. The second-order valence-corrected chi connectivity index (χ2v) is 8.77. The van der Waals surface area contributed by atoms with Gasteiger partial charge in [-0.3, -0.25) is 14.9 Å². The third kappa shape index (κ3) is 7.04. The molecule has 2 unspecified atom stereocenters. The molecule has 2 N–H and O–H groups in total. The van der Waals surface area contributed by atoms with E-state index in [4.69, 9.17) is 9.47 Å². The number of hydrogen-bond donors (Lipinski definition) is 2. The summed E-state index contributed by atoms with van der Waals surface area (Å²) in [7, 11) is 1.49. The van der Waals surface area contributed by atoms with Gasteiger partial charge in [0.15, 0.2) is 0 Å². The highest BCUT2D eigenvalue weighted by Crippen LogP contribution is 2.28. The van der Waals surface area contributed by atoms with Gasteiger partial charge in [-0.15, -0.1) is 0 Å². The Morgan fingerprint density at radius 1 is 1.38 bits per heavy atom. The summed E-state index contributed by atoms with van der Waals surface area (Å²) < 4.78 is 25.1. The van der Waals surface area contributed by atoms with E-state index in [9.17, 15) is 24.1 Å². The van der Waals surface area contributed by atoms with Crippen LogP contribution in [0.2, 0.25) is 0 Å². The van der Waals surface area contributed by atoms with Gasteiger partial charge in [0, 0.05) is 44.9 Å². The molecule has 10 nitrogen and oxygen atoms in total. The molecule has 1 aromatic rings. The summed E-state index contributed by atoms with van der Waals surface area (Å²) >= 11 is 0. The van der Waals surface area contributed by atoms with Crippen molar-refractivity contribution in [2.24, 2.45) is 0 Å². The summed E-state index contributed by atoms with van der Waals surface area (Å²) in [5, 5.41) is 16.9. The highest BCUT2D eigenvalue weighted by molar-refractivity contribution is 5.96. The van der Waals surface area contributed by atoms with Gasteiger partial charge in [-0.1, -0.05) is 0 Å². The van der Waals surface area contributed by atoms with Crippen molar-refractivity contribution < 1.29 is 28.4 Å². The largest absolute Gasteiger partial charge is 0.444 e. The van der Waals surface area contributed by atoms with Crippen LogP contribution in [-0.2, 0) is 9.47 Å². The van der Waals surface area contributed by atoms with Crippen molar-refractivity contribution >= 4 is 23.4 Å². The first-order valence-corrected chi connectivity index (χ1v) is 10.4. The fourth-order valence-electron chi connectivity index (χ4n) is 3.22. The highest BCUT2D eigenvalue weighted by atomic mass is 19.1. The van der Waals surface area contributed by atoms with Crippen molar-refractivity contribution in [3.63, 3.8) is 0 Å². The van der Waals surface area contributed by atoms with Gasteiger partial charge in [0.25, 0.3) is 11.6 Å². The molecule has 2 atom stereocenters. The number of benzene rings is 1. The quantitative estimate of drug-likeness (QED) is 0.479. The highest BCUT2D eigenvalue weighted by Gasteiger charge is 2.30. The van der Waals surface area contributed by atoms with Gasteiger partial charge in [0.1, 0.15) is 17.1 Å². The standard InChI is InChI=1S/C21H31FN4O6/c1-13(31-5)11-23-17-10-16(22)15(9-18(17)26(29)30)19(27)24-14-7-6-8-25(12-14)20(28)32-21(2,3)4/h9-10,13-14,23H,6-8,11-12H2,1-5H3,(H,24,27). The lowest BCUT2D eigenvalue weighted by Gasteiger charge is -2.34. The maximum absolute atomic E-state index is 14.7. The number of amides is 2. The normalized spacial score (nSPS) is 17.4. The number of carbonyl (C=O) groups is 2. The number of hydrogen-bond acceptors (Lipinski definition) is 7. The van der Waals surface area contributed by atoms with Crippen molar-refractivity contribution in [3.8, 4) is 0 Å². The van der Waals surface area contributed by atoms with Gasteiger partial charge in [-0.2, -0.15) is 0 Å². The van der Waals surface area contributed by atoms with Crippen LogP contribution in [0.1, 0.15) is 50.9 Å². The van der Waals surface area contributed by atoms with E-state index in [1.807, 2.05) is 0 Å². The van der Waals surface area contributed by atoms with Crippen LogP contribution in [0.25, 0.3) is 0 Å². The van der Waals surface area contributed by atoms with Crippen LogP contribution in [0.5, 0.6) is 0 Å². The van der Waals surface area contributed by atoms with E-state index in [0.717, 1.165) is 12.1 Å². The number of nitrogens with zero attached hydrogens (tertiary/aromatic N) is 2. The Kier molecular flexibility index (Phi) is 8.37. The summed E-state index contributed by atoms with van der Waals surface area (Å²) in [5.41, 5.74) is -1.54. The lowest BCUT2D eigenvalue weighted by Crippen LogP contribution is -2.50. The summed E-state index contributed by atoms with van der Waals surface area (Å²) in [6.07, 6.45) is 0.482. The number of anilines is 1. The van der Waals surface area contributed by atoms with Crippen molar-refractivity contribution in [1.82, 2.24) is 10.2 Å². The molecule has 1 fully saturated rings. The molecule has 2 rings (SSSR count). The number of nitro groups is 1. The van der Waals surface area contributed by atoms with Gasteiger partial charge in [-0.25, -0.2) is 9.18 Å². The molecule has 1 saturated heterocycles. The number of piperidine rings is 1. The number of ether oxygens (including phenoxy) is 2. The average Bonchev–Trinajstić information content (AvgIpc) is 2.70. The Hall–Kier alpha value is -2.95. The zero-order valence-electron chi connectivity index (χ0n) is 19.1. The van der Waals surface area contributed by atoms with Gasteiger partial charge < -0.3 is 25.0 Å². The summed E-state index contributed by atoms with van der Waals surface area (Å²) in [6.45, 7) is 7.96. The molecule has 178 valence electrons. The third-order valence-corrected chi connectivity index (χ3v) is 4.92. The molecule has 0 spiro atoms. The van der Waals surface area contributed by atoms with Gasteiger partial charge in [-0.05, 0) is 40.5 Å². The first-order valence-electron chi connectivity index (χ1n) is 10.4. The SMILES string of the molecule is COC(C)CNc1cc(F)c(C(=O)NC2CCCN(C(=O)OC(C)(C)C)C2)cc1[N+](=O)[O-]. The Morgan fingerprint density at radius 3 is 2.66 bits per heavy atom. The molecule has 1 heterocycles. The minimum absolute atomic E-state index is 0.0401. The monoisotopic (exact) mass is 454 g/mol. The predicted molar refractivity (Wildman–Crippen MR) is 116 cm³/mol. The van der Waals surface area contributed by atoms with Crippen LogP contribution in [0, 0.1) is 15.9 Å². The summed E-state index contributed by atoms with van der Waals surface area (Å²) in [5.74, 6) is -1.67. The number of halogens is 1. The maximum Gasteiger partial charge on any atom is 0.410 e. The third-order valence-electron chi connectivity index (χ3n) is 4.92. The van der Waals surface area contributed by atoms with Gasteiger partial charge in [0.05, 0.1) is 16.6 Å². The Bertz CT molecular complexity index is 857. The molecule has 0 radical (unpaired) electrons. The Morgan fingerprint density at radius 2 is 2.06 bits per heavy atom. The molecule has 0 bridgehead atoms. The van der Waals surface area contributed by atoms with Crippen LogP contribution >= 0.6 is 0 Å².